The van der Waals surface area contributed by atoms with Gasteiger partial charge in [-0.25, -0.2) is 0 Å². The Morgan fingerprint density at radius 2 is 2.04 bits per heavy atom. The van der Waals surface area contributed by atoms with Crippen molar-refractivity contribution in [2.24, 2.45) is 23.0 Å². The number of nitriles is 1. The molecule has 1 aromatic rings. The van der Waals surface area contributed by atoms with Crippen molar-refractivity contribution in [3.05, 3.63) is 34.9 Å². The number of likely N-dealkylation sites (N-methyl/N-ethyl adjacent to an activating group) is 1. The molecule has 27 heavy (non-hydrogen) atoms. The molecule has 0 saturated heterocycles. The molecule has 1 amide bonds. The number of rotatable bonds is 2. The molecule has 3 rings (SSSR count). The van der Waals surface area contributed by atoms with Gasteiger partial charge >= 0.3 is 0 Å². The van der Waals surface area contributed by atoms with Crippen molar-refractivity contribution in [3.8, 4) is 6.07 Å². The van der Waals surface area contributed by atoms with Crippen molar-refractivity contribution in [2.75, 3.05) is 6.54 Å². The quantitative estimate of drug-likeness (QED) is 0.549. The van der Waals surface area contributed by atoms with Crippen molar-refractivity contribution >= 4 is 11.9 Å². The normalized spacial score (nSPS) is 32.0. The van der Waals surface area contributed by atoms with Crippen LogP contribution in [-0.4, -0.2) is 34.5 Å². The Morgan fingerprint density at radius 3 is 2.56 bits per heavy atom. The highest BCUT2D eigenvalue weighted by Gasteiger charge is 2.55. The first-order chi connectivity index (χ1) is 12.7. The average Bonchev–Trinajstić information content (AvgIpc) is 2.91. The molecule has 0 aromatic heterocycles. The van der Waals surface area contributed by atoms with E-state index >= 15 is 0 Å². The fourth-order valence-corrected chi connectivity index (χ4v) is 5.45. The molecule has 6 heteroatoms. The highest BCUT2D eigenvalue weighted by atomic mass is 16.3. The lowest BCUT2D eigenvalue weighted by Gasteiger charge is -2.47. The van der Waals surface area contributed by atoms with Gasteiger partial charge in [0.05, 0.1) is 23.7 Å². The maximum atomic E-state index is 13.5. The van der Waals surface area contributed by atoms with Gasteiger partial charge in [-0.15, -0.1) is 0 Å². The first kappa shape index (κ1) is 19.4. The summed E-state index contributed by atoms with van der Waals surface area (Å²) >= 11 is 0. The first-order valence-corrected chi connectivity index (χ1v) is 9.60. The summed E-state index contributed by atoms with van der Waals surface area (Å²) in [7, 11) is 0. The molecule has 1 spiro atoms. The van der Waals surface area contributed by atoms with Crippen LogP contribution in [0.2, 0.25) is 0 Å². The average molecular weight is 368 g/mol. The van der Waals surface area contributed by atoms with E-state index in [1.54, 1.807) is 6.07 Å². The molecular formula is C21H28N4O2. The van der Waals surface area contributed by atoms with Gasteiger partial charge in [0.15, 0.2) is 5.96 Å². The van der Waals surface area contributed by atoms with Crippen LogP contribution in [0.1, 0.15) is 56.2 Å². The Bertz CT molecular complexity index is 801. The number of nitrogens with one attached hydrogen (secondary N) is 1. The predicted molar refractivity (Wildman–Crippen MR) is 103 cm³/mol. The minimum atomic E-state index is -0.443. The highest BCUT2D eigenvalue weighted by Crippen LogP contribution is 2.58. The molecule has 2 aliphatic carbocycles. The highest BCUT2D eigenvalue weighted by molar-refractivity contribution is 5.99. The molecule has 2 aliphatic rings. The lowest BCUT2D eigenvalue weighted by Crippen LogP contribution is -2.50. The Kier molecular flexibility index (Phi) is 5.00. The van der Waals surface area contributed by atoms with Crippen LogP contribution < -0.4 is 5.73 Å². The summed E-state index contributed by atoms with van der Waals surface area (Å²) < 4.78 is 0. The van der Waals surface area contributed by atoms with Crippen LogP contribution in [-0.2, 0) is 11.2 Å². The van der Waals surface area contributed by atoms with Gasteiger partial charge in [0.1, 0.15) is 0 Å². The summed E-state index contributed by atoms with van der Waals surface area (Å²) in [6.07, 6.45) is 1.85. The summed E-state index contributed by atoms with van der Waals surface area (Å²) in [6, 6.07) is 7.74. The van der Waals surface area contributed by atoms with Crippen LogP contribution in [0.5, 0.6) is 0 Å². The lowest BCUT2D eigenvalue weighted by molar-refractivity contribution is -0.134. The monoisotopic (exact) mass is 368 g/mol. The van der Waals surface area contributed by atoms with Crippen molar-refractivity contribution in [2.45, 2.75) is 52.1 Å². The zero-order valence-electron chi connectivity index (χ0n) is 16.2. The SMILES string of the molecule is CCN(C(=N)N)C(=O)C1c2cc(C#N)ccc2CC12CC(C)C(O)C(C)C2. The Hall–Kier alpha value is -2.39. The third-order valence-corrected chi connectivity index (χ3v) is 6.48. The van der Waals surface area contributed by atoms with Crippen LogP contribution >= 0.6 is 0 Å². The number of aliphatic hydroxyl groups excluding tert-OH is 1. The number of hydrogen-bond acceptors (Lipinski definition) is 4. The second-order valence-corrected chi connectivity index (χ2v) is 8.32. The molecule has 6 nitrogen and oxygen atoms in total. The lowest BCUT2D eigenvalue weighted by atomic mass is 9.59. The van der Waals surface area contributed by atoms with Crippen molar-refractivity contribution < 1.29 is 9.90 Å². The largest absolute Gasteiger partial charge is 0.393 e. The van der Waals surface area contributed by atoms with E-state index in [1.165, 1.54) is 4.90 Å². The van der Waals surface area contributed by atoms with Crippen molar-refractivity contribution in [1.29, 1.82) is 10.7 Å². The third-order valence-electron chi connectivity index (χ3n) is 6.48. The smallest absolute Gasteiger partial charge is 0.237 e. The van der Waals surface area contributed by atoms with E-state index in [0.717, 1.165) is 30.4 Å². The van der Waals surface area contributed by atoms with Crippen molar-refractivity contribution in [1.82, 2.24) is 4.90 Å². The zero-order valence-corrected chi connectivity index (χ0v) is 16.2. The third kappa shape index (κ3) is 3.10. The number of guanidine groups is 1. The van der Waals surface area contributed by atoms with Crippen LogP contribution in [0.4, 0.5) is 0 Å². The first-order valence-electron chi connectivity index (χ1n) is 9.60. The van der Waals surface area contributed by atoms with Crippen molar-refractivity contribution in [3.63, 3.8) is 0 Å². The standard InChI is InChI=1S/C21H28N4O2/c1-4-25(20(23)24)19(27)17-16-7-14(11-22)5-6-15(16)10-21(17)8-12(2)18(26)13(3)9-21/h5-7,12-13,17-18,26H,4,8-10H2,1-3H3,(H3,23,24). The Labute approximate surface area is 160 Å². The number of nitrogens with two attached hydrogens (primary N) is 1. The second kappa shape index (κ2) is 6.97. The molecule has 3 unspecified atom stereocenters. The molecule has 4 N–H and O–H groups in total. The maximum Gasteiger partial charge on any atom is 0.237 e. The van der Waals surface area contributed by atoms with Gasteiger partial charge in [-0.3, -0.25) is 15.1 Å². The molecule has 144 valence electrons. The van der Waals surface area contributed by atoms with Gasteiger partial charge in [-0.1, -0.05) is 19.9 Å². The molecule has 3 atom stereocenters. The van der Waals surface area contributed by atoms with E-state index in [9.17, 15) is 15.2 Å². The van der Waals surface area contributed by atoms with Gasteiger partial charge in [0.25, 0.3) is 0 Å². The fraction of sp³-hybridized carbons (Fsp3) is 0.571. The van der Waals surface area contributed by atoms with Gasteiger partial charge in [0, 0.05) is 6.54 Å². The van der Waals surface area contributed by atoms with Crippen LogP contribution in [0.15, 0.2) is 18.2 Å². The summed E-state index contributed by atoms with van der Waals surface area (Å²) in [5.74, 6) is -0.696. The minimum absolute atomic E-state index is 0.0844. The Morgan fingerprint density at radius 1 is 1.41 bits per heavy atom. The molecule has 1 saturated carbocycles. The number of carbonyl (C=O) groups excluding carboxylic acids is 1. The van der Waals surface area contributed by atoms with Gasteiger partial charge in [-0.2, -0.15) is 5.26 Å². The van der Waals surface area contributed by atoms with Gasteiger partial charge in [-0.05, 0) is 66.7 Å². The summed E-state index contributed by atoms with van der Waals surface area (Å²) in [5, 5.41) is 27.6. The van der Waals surface area contributed by atoms with E-state index in [4.69, 9.17) is 11.1 Å². The van der Waals surface area contributed by atoms with E-state index < -0.39 is 5.92 Å². The Balaban J connectivity index is 2.12. The van der Waals surface area contributed by atoms with E-state index in [1.807, 2.05) is 32.9 Å². The number of aliphatic hydroxyl groups is 1. The molecule has 0 bridgehead atoms. The van der Waals surface area contributed by atoms with E-state index in [2.05, 4.69) is 6.07 Å². The fourth-order valence-electron chi connectivity index (χ4n) is 5.45. The number of hydrogen-bond donors (Lipinski definition) is 3. The molecular weight excluding hydrogens is 340 g/mol. The molecule has 0 radical (unpaired) electrons. The second-order valence-electron chi connectivity index (χ2n) is 8.32. The van der Waals surface area contributed by atoms with E-state index in [-0.39, 0.29) is 35.2 Å². The number of fused-ring (bicyclic) bond motifs is 1. The molecule has 0 heterocycles. The van der Waals surface area contributed by atoms with E-state index in [0.29, 0.717) is 12.1 Å². The summed E-state index contributed by atoms with van der Waals surface area (Å²) in [6.45, 7) is 6.22. The number of nitrogens with zero attached hydrogens (tertiary/aromatic N) is 2. The van der Waals surface area contributed by atoms with Crippen LogP contribution in [0.3, 0.4) is 0 Å². The number of benzene rings is 1. The predicted octanol–water partition coefficient (Wildman–Crippen LogP) is 2.35. The molecule has 1 fully saturated rings. The number of amides is 1. The topological polar surface area (TPSA) is 114 Å². The van der Waals surface area contributed by atoms with Crippen LogP contribution in [0.25, 0.3) is 0 Å². The zero-order chi connectivity index (χ0) is 19.9. The van der Waals surface area contributed by atoms with Gasteiger partial charge < -0.3 is 10.8 Å². The minimum Gasteiger partial charge on any atom is -0.393 e. The molecule has 0 aliphatic heterocycles. The van der Waals surface area contributed by atoms with Gasteiger partial charge in [0.2, 0.25) is 5.91 Å². The maximum absolute atomic E-state index is 13.5. The van der Waals surface area contributed by atoms with Crippen LogP contribution in [0, 0.1) is 34.0 Å². The molecule has 1 aromatic carbocycles. The number of carbonyl (C=O) groups is 1. The summed E-state index contributed by atoms with van der Waals surface area (Å²) in [4.78, 5) is 14.8. The summed E-state index contributed by atoms with van der Waals surface area (Å²) in [5.41, 5.74) is 7.87.